The number of thiophene rings is 1. The van der Waals surface area contributed by atoms with Gasteiger partial charge in [-0.15, -0.1) is 11.3 Å². The van der Waals surface area contributed by atoms with Gasteiger partial charge in [-0.3, -0.25) is 14.6 Å². The summed E-state index contributed by atoms with van der Waals surface area (Å²) in [5.41, 5.74) is 8.35. The maximum absolute atomic E-state index is 12.8. The van der Waals surface area contributed by atoms with Crippen molar-refractivity contribution in [2.45, 2.75) is 25.7 Å². The van der Waals surface area contributed by atoms with Crippen LogP contribution in [0.25, 0.3) is 17.0 Å². The number of hydrogen-bond donors (Lipinski definition) is 2. The molecule has 0 unspecified atom stereocenters. The SMILES string of the molecule is N#CC(=Cc1ccnc2ccccc12)C(=O)Nc1sc2c(c1C(N)=O)CCCC2. The van der Waals surface area contributed by atoms with Crippen LogP contribution >= 0.6 is 11.3 Å². The summed E-state index contributed by atoms with van der Waals surface area (Å²) in [7, 11) is 0. The summed E-state index contributed by atoms with van der Waals surface area (Å²) >= 11 is 1.38. The van der Waals surface area contributed by atoms with E-state index in [9.17, 15) is 14.9 Å². The molecular weight excluding hydrogens is 384 g/mol. The van der Waals surface area contributed by atoms with E-state index in [1.165, 1.54) is 17.4 Å². The van der Waals surface area contributed by atoms with Crippen molar-refractivity contribution in [1.82, 2.24) is 4.98 Å². The van der Waals surface area contributed by atoms with Crippen LogP contribution in [0.2, 0.25) is 0 Å². The van der Waals surface area contributed by atoms with Gasteiger partial charge >= 0.3 is 0 Å². The molecule has 29 heavy (non-hydrogen) atoms. The molecule has 3 aromatic rings. The van der Waals surface area contributed by atoms with Crippen LogP contribution in [0.15, 0.2) is 42.1 Å². The predicted octanol–water partition coefficient (Wildman–Crippen LogP) is 3.82. The number of amides is 2. The first-order valence-electron chi connectivity index (χ1n) is 9.29. The second kappa shape index (κ2) is 7.86. The van der Waals surface area contributed by atoms with Gasteiger partial charge in [0.05, 0.1) is 11.1 Å². The van der Waals surface area contributed by atoms with E-state index in [1.807, 2.05) is 30.3 Å². The Labute approximate surface area is 171 Å². The van der Waals surface area contributed by atoms with Crippen LogP contribution in [0.4, 0.5) is 5.00 Å². The number of pyridine rings is 1. The van der Waals surface area contributed by atoms with E-state index in [0.29, 0.717) is 10.6 Å². The van der Waals surface area contributed by atoms with E-state index < -0.39 is 11.8 Å². The number of nitrogens with two attached hydrogens (primary N) is 1. The van der Waals surface area contributed by atoms with Crippen LogP contribution in [0.3, 0.4) is 0 Å². The van der Waals surface area contributed by atoms with Crippen LogP contribution in [0.1, 0.15) is 39.2 Å². The Morgan fingerprint density at radius 2 is 2.00 bits per heavy atom. The minimum absolute atomic E-state index is 0.0526. The van der Waals surface area contributed by atoms with Gasteiger partial charge in [0, 0.05) is 16.5 Å². The molecule has 4 rings (SSSR count). The third-order valence-electron chi connectivity index (χ3n) is 4.99. The number of nitrogens with one attached hydrogen (secondary N) is 1. The molecule has 7 heteroatoms. The number of rotatable bonds is 4. The number of aryl methyl sites for hydroxylation is 1. The summed E-state index contributed by atoms with van der Waals surface area (Å²) in [5, 5.41) is 13.6. The number of primary amides is 1. The van der Waals surface area contributed by atoms with Gasteiger partial charge in [0.2, 0.25) is 0 Å². The molecule has 3 N–H and O–H groups in total. The molecule has 2 amide bonds. The molecule has 2 heterocycles. The average Bonchev–Trinajstić information content (AvgIpc) is 3.09. The fourth-order valence-electron chi connectivity index (χ4n) is 3.63. The molecule has 144 valence electrons. The predicted molar refractivity (Wildman–Crippen MR) is 113 cm³/mol. The number of benzene rings is 1. The standard InChI is InChI=1S/C22H18N4O2S/c23-12-14(11-13-9-10-25-17-7-3-1-5-15(13)17)21(28)26-22-19(20(24)27)16-6-2-4-8-18(16)29-22/h1,3,5,7,9-11H,2,4,6,8H2,(H2,24,27)(H,26,28). The van der Waals surface area contributed by atoms with Crippen molar-refractivity contribution >= 4 is 45.1 Å². The molecule has 1 aromatic carbocycles. The van der Waals surface area contributed by atoms with Gasteiger partial charge in [0.15, 0.2) is 0 Å². The topological polar surface area (TPSA) is 109 Å². The first-order valence-corrected chi connectivity index (χ1v) is 10.1. The van der Waals surface area contributed by atoms with Gasteiger partial charge in [0.25, 0.3) is 11.8 Å². The molecule has 1 aliphatic carbocycles. The van der Waals surface area contributed by atoms with Gasteiger partial charge in [-0.2, -0.15) is 5.26 Å². The number of carbonyl (C=O) groups excluding carboxylic acids is 2. The van der Waals surface area contributed by atoms with E-state index in [4.69, 9.17) is 5.73 Å². The smallest absolute Gasteiger partial charge is 0.266 e. The highest BCUT2D eigenvalue weighted by atomic mass is 32.1. The van der Waals surface area contributed by atoms with Crippen molar-refractivity contribution in [3.63, 3.8) is 0 Å². The van der Waals surface area contributed by atoms with Crippen molar-refractivity contribution in [1.29, 1.82) is 5.26 Å². The maximum Gasteiger partial charge on any atom is 0.266 e. The molecule has 0 atom stereocenters. The minimum atomic E-state index is -0.561. The Hall–Kier alpha value is -3.50. The summed E-state index contributed by atoms with van der Waals surface area (Å²) in [6.07, 6.45) is 6.88. The van der Waals surface area contributed by atoms with Gasteiger partial charge in [-0.1, -0.05) is 18.2 Å². The minimum Gasteiger partial charge on any atom is -0.365 e. The Kier molecular flexibility index (Phi) is 5.10. The number of fused-ring (bicyclic) bond motifs is 2. The molecule has 6 nitrogen and oxygen atoms in total. The number of carbonyl (C=O) groups is 2. The molecule has 0 spiro atoms. The van der Waals surface area contributed by atoms with Crippen molar-refractivity contribution in [2.75, 3.05) is 5.32 Å². The molecule has 0 saturated heterocycles. The van der Waals surface area contributed by atoms with E-state index >= 15 is 0 Å². The van der Waals surface area contributed by atoms with Crippen molar-refractivity contribution in [3.05, 3.63) is 63.7 Å². The van der Waals surface area contributed by atoms with E-state index in [2.05, 4.69) is 10.3 Å². The van der Waals surface area contributed by atoms with Crippen molar-refractivity contribution in [2.24, 2.45) is 5.73 Å². The lowest BCUT2D eigenvalue weighted by Gasteiger charge is -2.11. The van der Waals surface area contributed by atoms with Crippen molar-refractivity contribution < 1.29 is 9.59 Å². The third-order valence-corrected chi connectivity index (χ3v) is 6.20. The molecule has 0 bridgehead atoms. The molecule has 2 aromatic heterocycles. The second-order valence-electron chi connectivity index (χ2n) is 6.82. The average molecular weight is 402 g/mol. The number of nitriles is 1. The van der Waals surface area contributed by atoms with Crippen LogP contribution in [-0.2, 0) is 17.6 Å². The number of anilines is 1. The molecule has 0 saturated carbocycles. The zero-order chi connectivity index (χ0) is 20.4. The second-order valence-corrected chi connectivity index (χ2v) is 7.93. The normalized spacial score (nSPS) is 13.6. The quantitative estimate of drug-likeness (QED) is 0.511. The zero-order valence-electron chi connectivity index (χ0n) is 15.6. The highest BCUT2D eigenvalue weighted by Gasteiger charge is 2.25. The first-order chi connectivity index (χ1) is 14.1. The largest absolute Gasteiger partial charge is 0.365 e. The molecular formula is C22H18N4O2S. The Morgan fingerprint density at radius 1 is 1.21 bits per heavy atom. The van der Waals surface area contributed by atoms with Gasteiger partial charge in [-0.25, -0.2) is 0 Å². The lowest BCUT2D eigenvalue weighted by molar-refractivity contribution is -0.112. The number of nitrogens with zero attached hydrogens (tertiary/aromatic N) is 2. The molecule has 1 aliphatic rings. The summed E-state index contributed by atoms with van der Waals surface area (Å²) < 4.78 is 0. The molecule has 0 radical (unpaired) electrons. The first kappa shape index (κ1) is 18.8. The monoisotopic (exact) mass is 402 g/mol. The fourth-order valence-corrected chi connectivity index (χ4v) is 4.92. The van der Waals surface area contributed by atoms with Crippen LogP contribution < -0.4 is 11.1 Å². The van der Waals surface area contributed by atoms with Crippen LogP contribution in [0.5, 0.6) is 0 Å². The molecule has 0 fully saturated rings. The summed E-state index contributed by atoms with van der Waals surface area (Å²) in [4.78, 5) is 30.2. The Balaban J connectivity index is 1.69. The van der Waals surface area contributed by atoms with E-state index in [-0.39, 0.29) is 5.57 Å². The summed E-state index contributed by atoms with van der Waals surface area (Å²) in [5.74, 6) is -1.11. The van der Waals surface area contributed by atoms with Crippen molar-refractivity contribution in [3.8, 4) is 6.07 Å². The number of para-hydroxylation sites is 1. The summed E-state index contributed by atoms with van der Waals surface area (Å²) in [6.45, 7) is 0. The fraction of sp³-hybridized carbons (Fsp3) is 0.182. The van der Waals surface area contributed by atoms with Crippen LogP contribution in [0, 0.1) is 11.3 Å². The summed E-state index contributed by atoms with van der Waals surface area (Å²) in [6, 6.07) is 11.2. The Bertz CT molecular complexity index is 1200. The highest BCUT2D eigenvalue weighted by molar-refractivity contribution is 7.17. The number of hydrogen-bond acceptors (Lipinski definition) is 5. The van der Waals surface area contributed by atoms with Gasteiger partial charge in [0.1, 0.15) is 16.6 Å². The number of aromatic nitrogens is 1. The zero-order valence-corrected chi connectivity index (χ0v) is 16.4. The lowest BCUT2D eigenvalue weighted by atomic mass is 9.95. The van der Waals surface area contributed by atoms with E-state index in [0.717, 1.165) is 52.6 Å². The Morgan fingerprint density at radius 3 is 2.79 bits per heavy atom. The highest BCUT2D eigenvalue weighted by Crippen LogP contribution is 2.38. The lowest BCUT2D eigenvalue weighted by Crippen LogP contribution is -2.19. The van der Waals surface area contributed by atoms with E-state index in [1.54, 1.807) is 12.3 Å². The van der Waals surface area contributed by atoms with Gasteiger partial charge < -0.3 is 11.1 Å². The van der Waals surface area contributed by atoms with Crippen LogP contribution in [-0.4, -0.2) is 16.8 Å². The third kappa shape index (κ3) is 3.62. The maximum atomic E-state index is 12.8. The van der Waals surface area contributed by atoms with Gasteiger partial charge in [-0.05, 0) is 55.0 Å². The molecule has 0 aliphatic heterocycles.